The number of primary amides is 1. The number of nitrogens with zero attached hydrogens (tertiary/aromatic N) is 2. The number of hydrogen-bond donors (Lipinski definition) is 2. The number of nitrogen functional groups attached to an aromatic ring is 1. The van der Waals surface area contributed by atoms with Gasteiger partial charge < -0.3 is 16.2 Å². The number of rotatable bonds is 5. The molecular weight excluding hydrogens is 304 g/mol. The van der Waals surface area contributed by atoms with Crippen LogP contribution in [0.25, 0.3) is 11.3 Å². The van der Waals surface area contributed by atoms with Crippen LogP contribution in [0.1, 0.15) is 16.1 Å². The van der Waals surface area contributed by atoms with E-state index in [1.54, 1.807) is 0 Å². The average Bonchev–Trinajstić information content (AvgIpc) is 2.61. The van der Waals surface area contributed by atoms with E-state index in [9.17, 15) is 4.79 Å². The number of hydrogen-bond acceptors (Lipinski definition) is 5. The molecule has 0 aliphatic heterocycles. The van der Waals surface area contributed by atoms with Crippen molar-refractivity contribution in [2.24, 2.45) is 5.73 Å². The zero-order valence-corrected chi connectivity index (χ0v) is 12.8. The van der Waals surface area contributed by atoms with E-state index in [1.165, 1.54) is 6.20 Å². The van der Waals surface area contributed by atoms with E-state index in [0.717, 1.165) is 11.1 Å². The highest BCUT2D eigenvalue weighted by Gasteiger charge is 2.11. The fraction of sp³-hybridized carbons (Fsp3) is 0.0556. The fourth-order valence-electron chi connectivity index (χ4n) is 2.20. The Morgan fingerprint density at radius 1 is 1.08 bits per heavy atom. The number of anilines is 1. The smallest absolute Gasteiger partial charge is 0.271 e. The Labute approximate surface area is 139 Å². The third kappa shape index (κ3) is 3.49. The van der Waals surface area contributed by atoms with Crippen LogP contribution in [0.3, 0.4) is 0 Å². The first kappa shape index (κ1) is 15.5. The van der Waals surface area contributed by atoms with E-state index >= 15 is 0 Å². The Morgan fingerprint density at radius 2 is 1.88 bits per heavy atom. The molecule has 24 heavy (non-hydrogen) atoms. The van der Waals surface area contributed by atoms with Gasteiger partial charge >= 0.3 is 0 Å². The first-order chi connectivity index (χ1) is 11.6. The van der Waals surface area contributed by atoms with Gasteiger partial charge in [0.1, 0.15) is 12.4 Å². The monoisotopic (exact) mass is 320 g/mol. The Bertz CT molecular complexity index is 866. The molecule has 1 heterocycles. The van der Waals surface area contributed by atoms with Crippen LogP contribution < -0.4 is 16.2 Å². The summed E-state index contributed by atoms with van der Waals surface area (Å²) in [7, 11) is 0. The highest BCUT2D eigenvalue weighted by Crippen LogP contribution is 2.23. The summed E-state index contributed by atoms with van der Waals surface area (Å²) in [5.74, 6) is -0.00309. The maximum atomic E-state index is 11.3. The molecule has 0 unspecified atom stereocenters. The number of ether oxygens (including phenoxy) is 1. The zero-order chi connectivity index (χ0) is 16.9. The molecule has 6 nitrogen and oxygen atoms in total. The maximum Gasteiger partial charge on any atom is 0.271 e. The van der Waals surface area contributed by atoms with Crippen molar-refractivity contribution >= 4 is 11.7 Å². The van der Waals surface area contributed by atoms with Gasteiger partial charge in [0, 0.05) is 5.56 Å². The molecule has 6 heteroatoms. The highest BCUT2D eigenvalue weighted by molar-refractivity contribution is 5.95. The number of aromatic nitrogens is 2. The number of nitrogens with two attached hydrogens (primary N) is 2. The van der Waals surface area contributed by atoms with Crippen LogP contribution >= 0.6 is 0 Å². The lowest BCUT2D eigenvalue weighted by Gasteiger charge is -2.09. The van der Waals surface area contributed by atoms with Gasteiger partial charge in [0.25, 0.3) is 5.91 Å². The number of carbonyl (C=O) groups is 1. The zero-order valence-electron chi connectivity index (χ0n) is 12.8. The molecule has 120 valence electrons. The number of amides is 1. The first-order valence-corrected chi connectivity index (χ1v) is 7.33. The molecule has 0 fully saturated rings. The van der Waals surface area contributed by atoms with Gasteiger partial charge in [-0.15, -0.1) is 0 Å². The summed E-state index contributed by atoms with van der Waals surface area (Å²) in [4.78, 5) is 19.5. The van der Waals surface area contributed by atoms with Crippen molar-refractivity contribution < 1.29 is 9.53 Å². The first-order valence-electron chi connectivity index (χ1n) is 7.33. The molecule has 0 aliphatic rings. The topological polar surface area (TPSA) is 104 Å². The Hall–Kier alpha value is -3.41. The van der Waals surface area contributed by atoms with Crippen molar-refractivity contribution in [3.63, 3.8) is 0 Å². The summed E-state index contributed by atoms with van der Waals surface area (Å²) in [6, 6.07) is 17.2. The number of carbonyl (C=O) groups excluding carboxylic acids is 1. The van der Waals surface area contributed by atoms with Gasteiger partial charge in [0.05, 0.1) is 11.9 Å². The van der Waals surface area contributed by atoms with Crippen LogP contribution in [0, 0.1) is 0 Å². The van der Waals surface area contributed by atoms with Crippen molar-refractivity contribution in [2.75, 3.05) is 5.73 Å². The van der Waals surface area contributed by atoms with Gasteiger partial charge in [0.15, 0.2) is 11.5 Å². The molecular formula is C18H16N4O2. The minimum atomic E-state index is -0.710. The van der Waals surface area contributed by atoms with Gasteiger partial charge in [-0.05, 0) is 17.7 Å². The predicted octanol–water partition coefficient (Wildman–Crippen LogP) is 2.40. The molecule has 3 aromatic rings. The standard InChI is InChI=1S/C18H16N4O2/c19-17-16(18(20)23)22-15(10-21-17)13-7-4-8-14(9-13)24-11-12-5-2-1-3-6-12/h1-10H,11H2,(H2,19,21)(H2,20,23). The molecule has 0 aliphatic carbocycles. The predicted molar refractivity (Wildman–Crippen MR) is 91.2 cm³/mol. The molecule has 2 aromatic carbocycles. The van der Waals surface area contributed by atoms with E-state index in [1.807, 2.05) is 54.6 Å². The summed E-state index contributed by atoms with van der Waals surface area (Å²) in [6.45, 7) is 0.463. The van der Waals surface area contributed by atoms with Crippen molar-refractivity contribution in [1.82, 2.24) is 9.97 Å². The van der Waals surface area contributed by atoms with Crippen molar-refractivity contribution in [2.45, 2.75) is 6.61 Å². The van der Waals surface area contributed by atoms with Gasteiger partial charge in [-0.1, -0.05) is 42.5 Å². The van der Waals surface area contributed by atoms with Gasteiger partial charge in [-0.3, -0.25) is 4.79 Å². The fourth-order valence-corrected chi connectivity index (χ4v) is 2.20. The summed E-state index contributed by atoms with van der Waals surface area (Å²) < 4.78 is 5.79. The lowest BCUT2D eigenvalue weighted by atomic mass is 10.1. The number of benzene rings is 2. The lowest BCUT2D eigenvalue weighted by molar-refractivity contribution is 0.0996. The SMILES string of the molecule is NC(=O)c1nc(-c2cccc(OCc3ccccc3)c2)cnc1N. The highest BCUT2D eigenvalue weighted by atomic mass is 16.5. The van der Waals surface area contributed by atoms with E-state index in [4.69, 9.17) is 16.2 Å². The Balaban J connectivity index is 1.83. The van der Waals surface area contributed by atoms with Gasteiger partial charge in [-0.25, -0.2) is 9.97 Å². The second kappa shape index (κ2) is 6.78. The summed E-state index contributed by atoms with van der Waals surface area (Å²) >= 11 is 0. The third-order valence-corrected chi connectivity index (χ3v) is 3.41. The molecule has 0 saturated carbocycles. The van der Waals surface area contributed by atoms with Crippen LogP contribution in [0.5, 0.6) is 5.75 Å². The normalized spacial score (nSPS) is 10.3. The molecule has 1 aromatic heterocycles. The summed E-state index contributed by atoms with van der Waals surface area (Å²) in [6.07, 6.45) is 1.50. The largest absolute Gasteiger partial charge is 0.489 e. The van der Waals surface area contributed by atoms with E-state index in [2.05, 4.69) is 9.97 Å². The van der Waals surface area contributed by atoms with E-state index in [0.29, 0.717) is 18.1 Å². The van der Waals surface area contributed by atoms with E-state index in [-0.39, 0.29) is 11.5 Å². The lowest BCUT2D eigenvalue weighted by Crippen LogP contribution is -2.17. The molecule has 0 spiro atoms. The van der Waals surface area contributed by atoms with Crippen LogP contribution in [0.2, 0.25) is 0 Å². The quantitative estimate of drug-likeness (QED) is 0.751. The molecule has 3 rings (SSSR count). The van der Waals surface area contributed by atoms with Crippen LogP contribution in [-0.4, -0.2) is 15.9 Å². The van der Waals surface area contributed by atoms with Gasteiger partial charge in [0.2, 0.25) is 0 Å². The molecule has 4 N–H and O–H groups in total. The molecule has 1 amide bonds. The minimum absolute atomic E-state index is 0.0164. The summed E-state index contributed by atoms with van der Waals surface area (Å²) in [5.41, 5.74) is 13.2. The molecule has 0 radical (unpaired) electrons. The average molecular weight is 320 g/mol. The van der Waals surface area contributed by atoms with Crippen molar-refractivity contribution in [3.05, 3.63) is 72.1 Å². The molecule has 0 atom stereocenters. The van der Waals surface area contributed by atoms with Gasteiger partial charge in [-0.2, -0.15) is 0 Å². The second-order valence-corrected chi connectivity index (χ2v) is 5.16. The third-order valence-electron chi connectivity index (χ3n) is 3.41. The van der Waals surface area contributed by atoms with Crippen LogP contribution in [-0.2, 0) is 6.61 Å². The second-order valence-electron chi connectivity index (χ2n) is 5.16. The Kier molecular flexibility index (Phi) is 4.38. The van der Waals surface area contributed by atoms with Crippen molar-refractivity contribution in [1.29, 1.82) is 0 Å². The molecule has 0 bridgehead atoms. The molecule has 0 saturated heterocycles. The summed E-state index contributed by atoms with van der Waals surface area (Å²) in [5, 5.41) is 0. The van der Waals surface area contributed by atoms with E-state index < -0.39 is 5.91 Å². The van der Waals surface area contributed by atoms with Crippen LogP contribution in [0.15, 0.2) is 60.8 Å². The Morgan fingerprint density at radius 3 is 2.62 bits per heavy atom. The van der Waals surface area contributed by atoms with Crippen LogP contribution in [0.4, 0.5) is 5.82 Å². The minimum Gasteiger partial charge on any atom is -0.489 e. The maximum absolute atomic E-state index is 11.3. The van der Waals surface area contributed by atoms with Crippen molar-refractivity contribution in [3.8, 4) is 17.0 Å².